The van der Waals surface area contributed by atoms with E-state index >= 15 is 0 Å². The SMILES string of the molecule is CC(C)CC1NC(CC(C)C)N(CCS(C)=O)C1=O. The van der Waals surface area contributed by atoms with Crippen LogP contribution >= 0.6 is 0 Å². The minimum Gasteiger partial charge on any atom is -0.325 e. The van der Waals surface area contributed by atoms with Crippen LogP contribution in [0, 0.1) is 11.8 Å². The van der Waals surface area contributed by atoms with E-state index in [-0.39, 0.29) is 18.1 Å². The smallest absolute Gasteiger partial charge is 0.241 e. The first kappa shape index (κ1) is 16.6. The van der Waals surface area contributed by atoms with E-state index < -0.39 is 10.8 Å². The number of amides is 1. The van der Waals surface area contributed by atoms with Gasteiger partial charge in [-0.25, -0.2) is 0 Å². The summed E-state index contributed by atoms with van der Waals surface area (Å²) in [5.74, 6) is 1.79. The van der Waals surface area contributed by atoms with Gasteiger partial charge in [0.2, 0.25) is 5.91 Å². The Morgan fingerprint density at radius 3 is 2.26 bits per heavy atom. The van der Waals surface area contributed by atoms with Crippen molar-refractivity contribution in [3.63, 3.8) is 0 Å². The topological polar surface area (TPSA) is 49.4 Å². The fourth-order valence-electron chi connectivity index (χ4n) is 2.52. The third-order valence-electron chi connectivity index (χ3n) is 3.37. The van der Waals surface area contributed by atoms with Gasteiger partial charge in [-0.05, 0) is 24.7 Å². The average molecular weight is 288 g/mol. The summed E-state index contributed by atoms with van der Waals surface area (Å²) in [5, 5.41) is 3.45. The number of carbonyl (C=O) groups excluding carboxylic acids is 1. The number of carbonyl (C=O) groups is 1. The lowest BCUT2D eigenvalue weighted by Gasteiger charge is -2.25. The highest BCUT2D eigenvalue weighted by Crippen LogP contribution is 2.21. The maximum Gasteiger partial charge on any atom is 0.241 e. The quantitative estimate of drug-likeness (QED) is 0.774. The van der Waals surface area contributed by atoms with Crippen molar-refractivity contribution < 1.29 is 9.00 Å². The van der Waals surface area contributed by atoms with Crippen molar-refractivity contribution in [3.8, 4) is 0 Å². The van der Waals surface area contributed by atoms with Gasteiger partial charge in [-0.3, -0.25) is 14.3 Å². The third-order valence-corrected chi connectivity index (χ3v) is 4.13. The molecule has 1 saturated heterocycles. The Morgan fingerprint density at radius 1 is 1.21 bits per heavy atom. The van der Waals surface area contributed by atoms with E-state index in [1.54, 1.807) is 6.26 Å². The van der Waals surface area contributed by atoms with E-state index in [1.807, 2.05) is 4.90 Å². The molecule has 0 spiro atoms. The maximum absolute atomic E-state index is 12.4. The van der Waals surface area contributed by atoms with Crippen LogP contribution in [0.15, 0.2) is 0 Å². The van der Waals surface area contributed by atoms with Crippen LogP contribution in [-0.2, 0) is 15.6 Å². The Kier molecular flexibility index (Phi) is 6.47. The molecule has 1 fully saturated rings. The summed E-state index contributed by atoms with van der Waals surface area (Å²) in [6.07, 6.45) is 3.63. The average Bonchev–Trinajstić information content (AvgIpc) is 2.51. The van der Waals surface area contributed by atoms with Crippen molar-refractivity contribution in [3.05, 3.63) is 0 Å². The largest absolute Gasteiger partial charge is 0.325 e. The molecule has 3 atom stereocenters. The lowest BCUT2D eigenvalue weighted by Crippen LogP contribution is -2.40. The molecule has 1 rings (SSSR count). The molecule has 0 aromatic carbocycles. The molecule has 0 aromatic heterocycles. The fourth-order valence-corrected chi connectivity index (χ4v) is 2.98. The van der Waals surface area contributed by atoms with Gasteiger partial charge in [0, 0.05) is 29.4 Å². The standard InChI is InChI=1S/C14H28N2O2S/c1-10(2)8-12-14(17)16(6-7-19(5)18)13(15-12)9-11(3)4/h10-13,15H,6-9H2,1-5H3. The van der Waals surface area contributed by atoms with Crippen LogP contribution in [0.25, 0.3) is 0 Å². The van der Waals surface area contributed by atoms with Gasteiger partial charge in [-0.2, -0.15) is 0 Å². The minimum atomic E-state index is -0.848. The first-order chi connectivity index (χ1) is 8.81. The second-order valence-corrected chi connectivity index (χ2v) is 7.86. The van der Waals surface area contributed by atoms with Crippen LogP contribution in [0.5, 0.6) is 0 Å². The van der Waals surface area contributed by atoms with E-state index in [9.17, 15) is 9.00 Å². The molecular formula is C14H28N2O2S. The lowest BCUT2D eigenvalue weighted by atomic mass is 10.0. The van der Waals surface area contributed by atoms with E-state index in [1.165, 1.54) is 0 Å². The molecule has 0 bridgehead atoms. The molecule has 1 aliphatic rings. The Morgan fingerprint density at radius 2 is 1.79 bits per heavy atom. The number of hydrogen-bond donors (Lipinski definition) is 1. The number of nitrogens with one attached hydrogen (secondary N) is 1. The van der Waals surface area contributed by atoms with Gasteiger partial charge >= 0.3 is 0 Å². The molecule has 0 saturated carbocycles. The molecule has 4 nitrogen and oxygen atoms in total. The molecule has 5 heteroatoms. The number of nitrogens with zero attached hydrogens (tertiary/aromatic N) is 1. The Bertz CT molecular complexity index is 331. The van der Waals surface area contributed by atoms with Crippen molar-refractivity contribution in [2.24, 2.45) is 11.8 Å². The van der Waals surface area contributed by atoms with Crippen LogP contribution in [0.1, 0.15) is 40.5 Å². The predicted octanol–water partition coefficient (Wildman–Crippen LogP) is 1.58. The highest BCUT2D eigenvalue weighted by Gasteiger charge is 2.38. The van der Waals surface area contributed by atoms with Gasteiger partial charge in [0.05, 0.1) is 12.2 Å². The highest BCUT2D eigenvalue weighted by atomic mass is 32.2. The summed E-state index contributed by atoms with van der Waals surface area (Å²) in [5.41, 5.74) is 0. The highest BCUT2D eigenvalue weighted by molar-refractivity contribution is 7.84. The second-order valence-electron chi connectivity index (χ2n) is 6.30. The Balaban J connectivity index is 2.70. The summed E-state index contributed by atoms with van der Waals surface area (Å²) in [6.45, 7) is 9.20. The predicted molar refractivity (Wildman–Crippen MR) is 80.3 cm³/mol. The molecule has 1 heterocycles. The van der Waals surface area contributed by atoms with Crippen molar-refractivity contribution in [2.75, 3.05) is 18.6 Å². The molecule has 0 aromatic rings. The van der Waals surface area contributed by atoms with E-state index in [4.69, 9.17) is 0 Å². The van der Waals surface area contributed by atoms with Gasteiger partial charge in [0.15, 0.2) is 0 Å². The molecule has 0 aliphatic carbocycles. The van der Waals surface area contributed by atoms with Gasteiger partial charge < -0.3 is 4.90 Å². The Hall–Kier alpha value is -0.420. The summed E-state index contributed by atoms with van der Waals surface area (Å²) >= 11 is 0. The molecule has 1 N–H and O–H groups in total. The summed E-state index contributed by atoms with van der Waals surface area (Å²) < 4.78 is 11.2. The third kappa shape index (κ3) is 5.22. The summed E-state index contributed by atoms with van der Waals surface area (Å²) in [6, 6.07) is -0.0611. The van der Waals surface area contributed by atoms with Crippen molar-refractivity contribution in [2.45, 2.75) is 52.7 Å². The molecule has 0 radical (unpaired) electrons. The maximum atomic E-state index is 12.4. The fraction of sp³-hybridized carbons (Fsp3) is 0.929. The zero-order valence-electron chi connectivity index (χ0n) is 12.8. The molecule has 1 aliphatic heterocycles. The van der Waals surface area contributed by atoms with Gasteiger partial charge in [-0.15, -0.1) is 0 Å². The second kappa shape index (κ2) is 7.39. The van der Waals surface area contributed by atoms with Gasteiger partial charge in [0.1, 0.15) is 0 Å². The van der Waals surface area contributed by atoms with E-state index in [0.29, 0.717) is 24.1 Å². The van der Waals surface area contributed by atoms with Crippen LogP contribution in [0.3, 0.4) is 0 Å². The van der Waals surface area contributed by atoms with Crippen molar-refractivity contribution >= 4 is 16.7 Å². The molecule has 3 unspecified atom stereocenters. The zero-order valence-corrected chi connectivity index (χ0v) is 13.6. The zero-order chi connectivity index (χ0) is 14.6. The van der Waals surface area contributed by atoms with Crippen LogP contribution in [0.2, 0.25) is 0 Å². The van der Waals surface area contributed by atoms with Crippen molar-refractivity contribution in [1.82, 2.24) is 10.2 Å². The van der Waals surface area contributed by atoms with E-state index in [0.717, 1.165) is 12.8 Å². The number of rotatable bonds is 7. The van der Waals surface area contributed by atoms with E-state index in [2.05, 4.69) is 33.0 Å². The molecular weight excluding hydrogens is 260 g/mol. The van der Waals surface area contributed by atoms with Crippen molar-refractivity contribution in [1.29, 1.82) is 0 Å². The summed E-state index contributed by atoms with van der Waals surface area (Å²) in [4.78, 5) is 14.3. The summed E-state index contributed by atoms with van der Waals surface area (Å²) in [7, 11) is -0.848. The monoisotopic (exact) mass is 288 g/mol. The van der Waals surface area contributed by atoms with Gasteiger partial charge in [-0.1, -0.05) is 27.7 Å². The lowest BCUT2D eigenvalue weighted by molar-refractivity contribution is -0.130. The number of hydrogen-bond acceptors (Lipinski definition) is 3. The first-order valence-electron chi connectivity index (χ1n) is 7.17. The van der Waals surface area contributed by atoms with Crippen LogP contribution < -0.4 is 5.32 Å². The van der Waals surface area contributed by atoms with Gasteiger partial charge in [0.25, 0.3) is 0 Å². The van der Waals surface area contributed by atoms with Crippen LogP contribution in [0.4, 0.5) is 0 Å². The Labute approximate surface area is 119 Å². The normalized spacial score (nSPS) is 25.6. The molecule has 19 heavy (non-hydrogen) atoms. The minimum absolute atomic E-state index is 0.0611. The van der Waals surface area contributed by atoms with Crippen LogP contribution in [-0.4, -0.2) is 45.8 Å². The molecule has 1 amide bonds. The molecule has 112 valence electrons. The first-order valence-corrected chi connectivity index (χ1v) is 8.90.